The molecular formula is C14H11FN2O3S. The zero-order valence-corrected chi connectivity index (χ0v) is 11.8. The van der Waals surface area contributed by atoms with Crippen LogP contribution in [0.4, 0.5) is 9.52 Å². The smallest absolute Gasteiger partial charge is 0.328 e. The fourth-order valence-electron chi connectivity index (χ4n) is 1.56. The van der Waals surface area contributed by atoms with Crippen molar-refractivity contribution in [3.8, 4) is 0 Å². The molecule has 0 aliphatic rings. The van der Waals surface area contributed by atoms with E-state index in [0.717, 1.165) is 17.4 Å². The average molecular weight is 306 g/mol. The minimum absolute atomic E-state index is 0.0622. The Morgan fingerprint density at radius 2 is 2.19 bits per heavy atom. The molecule has 0 saturated heterocycles. The van der Waals surface area contributed by atoms with Crippen LogP contribution in [-0.2, 0) is 4.79 Å². The molecule has 7 heteroatoms. The number of carbonyl (C=O) groups excluding carboxylic acids is 1. The van der Waals surface area contributed by atoms with Crippen molar-refractivity contribution >= 4 is 34.4 Å². The number of aliphatic carboxylic acids is 1. The maximum Gasteiger partial charge on any atom is 0.328 e. The van der Waals surface area contributed by atoms with Gasteiger partial charge in [0.25, 0.3) is 5.91 Å². The molecule has 1 heterocycles. The van der Waals surface area contributed by atoms with Gasteiger partial charge in [-0.05, 0) is 24.6 Å². The number of halogens is 1. The van der Waals surface area contributed by atoms with Gasteiger partial charge >= 0.3 is 5.97 Å². The molecule has 0 fully saturated rings. The number of anilines is 1. The van der Waals surface area contributed by atoms with Crippen LogP contribution in [0.1, 0.15) is 20.8 Å². The van der Waals surface area contributed by atoms with Gasteiger partial charge in [-0.25, -0.2) is 14.2 Å². The number of aryl methyl sites for hydroxylation is 1. The number of nitrogens with zero attached hydrogens (tertiary/aromatic N) is 1. The van der Waals surface area contributed by atoms with Crippen LogP contribution in [0.3, 0.4) is 0 Å². The normalized spacial score (nSPS) is 10.8. The summed E-state index contributed by atoms with van der Waals surface area (Å²) < 4.78 is 13.8. The maximum atomic E-state index is 13.8. The number of hydrogen-bond acceptors (Lipinski definition) is 4. The van der Waals surface area contributed by atoms with Crippen LogP contribution in [-0.4, -0.2) is 22.0 Å². The van der Waals surface area contributed by atoms with Crippen molar-refractivity contribution < 1.29 is 19.1 Å². The Hall–Kier alpha value is -2.54. The number of benzene rings is 1. The second-order valence-corrected chi connectivity index (χ2v) is 5.19. The summed E-state index contributed by atoms with van der Waals surface area (Å²) in [4.78, 5) is 26.9. The summed E-state index contributed by atoms with van der Waals surface area (Å²) in [6.07, 6.45) is 3.76. The SMILES string of the molecule is Cc1cccc(C(=O)Nc2ncc(/C=C/C(=O)O)s2)c1F. The highest BCUT2D eigenvalue weighted by Crippen LogP contribution is 2.21. The van der Waals surface area contributed by atoms with E-state index in [2.05, 4.69) is 10.3 Å². The van der Waals surface area contributed by atoms with Crippen LogP contribution in [0.25, 0.3) is 6.08 Å². The van der Waals surface area contributed by atoms with Crippen LogP contribution in [0.5, 0.6) is 0 Å². The molecule has 1 aromatic carbocycles. The fraction of sp³-hybridized carbons (Fsp3) is 0.0714. The molecule has 0 atom stereocenters. The first-order valence-corrected chi connectivity index (χ1v) is 6.72. The highest BCUT2D eigenvalue weighted by atomic mass is 32.1. The number of amides is 1. The third-order valence-corrected chi connectivity index (χ3v) is 3.45. The largest absolute Gasteiger partial charge is 0.478 e. The van der Waals surface area contributed by atoms with Crippen LogP contribution >= 0.6 is 11.3 Å². The third kappa shape index (κ3) is 3.73. The second kappa shape index (κ2) is 6.27. The van der Waals surface area contributed by atoms with E-state index in [-0.39, 0.29) is 10.7 Å². The predicted octanol–water partition coefficient (Wildman–Crippen LogP) is 2.94. The van der Waals surface area contributed by atoms with E-state index in [4.69, 9.17) is 5.11 Å². The van der Waals surface area contributed by atoms with E-state index >= 15 is 0 Å². The molecule has 0 radical (unpaired) electrons. The molecule has 2 N–H and O–H groups in total. The number of rotatable bonds is 4. The van der Waals surface area contributed by atoms with Crippen molar-refractivity contribution in [3.05, 3.63) is 52.3 Å². The maximum absolute atomic E-state index is 13.8. The highest BCUT2D eigenvalue weighted by molar-refractivity contribution is 7.16. The Balaban J connectivity index is 2.13. The van der Waals surface area contributed by atoms with Gasteiger partial charge in [0, 0.05) is 17.2 Å². The zero-order chi connectivity index (χ0) is 15.4. The number of carbonyl (C=O) groups is 2. The van der Waals surface area contributed by atoms with E-state index in [1.54, 1.807) is 19.1 Å². The summed E-state index contributed by atoms with van der Waals surface area (Å²) in [5.41, 5.74) is 0.319. The van der Waals surface area contributed by atoms with Crippen molar-refractivity contribution in [2.75, 3.05) is 5.32 Å². The summed E-state index contributed by atoms with van der Waals surface area (Å²) in [6.45, 7) is 1.57. The van der Waals surface area contributed by atoms with Crippen molar-refractivity contribution in [3.63, 3.8) is 0 Å². The molecule has 0 bridgehead atoms. The van der Waals surface area contributed by atoms with Crippen molar-refractivity contribution in [1.29, 1.82) is 0 Å². The van der Waals surface area contributed by atoms with Gasteiger partial charge in [0.15, 0.2) is 5.13 Å². The monoisotopic (exact) mass is 306 g/mol. The Bertz CT molecular complexity index is 725. The predicted molar refractivity (Wildman–Crippen MR) is 77.9 cm³/mol. The van der Waals surface area contributed by atoms with Crippen molar-refractivity contribution in [2.24, 2.45) is 0 Å². The summed E-state index contributed by atoms with van der Waals surface area (Å²) in [5, 5.41) is 11.3. The van der Waals surface area contributed by atoms with E-state index in [1.165, 1.54) is 18.3 Å². The Labute approximate surface area is 123 Å². The quantitative estimate of drug-likeness (QED) is 0.851. The van der Waals surface area contributed by atoms with Gasteiger partial charge in [0.1, 0.15) is 5.82 Å². The molecule has 2 rings (SSSR count). The Kier molecular flexibility index (Phi) is 4.44. The van der Waals surface area contributed by atoms with Gasteiger partial charge in [0.05, 0.1) is 5.56 Å². The lowest BCUT2D eigenvalue weighted by Gasteiger charge is -2.04. The summed E-state index contributed by atoms with van der Waals surface area (Å²) in [5.74, 6) is -2.24. The van der Waals surface area contributed by atoms with E-state index in [0.29, 0.717) is 10.4 Å². The molecule has 0 unspecified atom stereocenters. The molecule has 1 amide bonds. The van der Waals surface area contributed by atoms with Gasteiger partial charge in [-0.1, -0.05) is 23.5 Å². The van der Waals surface area contributed by atoms with E-state index < -0.39 is 17.7 Å². The van der Waals surface area contributed by atoms with Gasteiger partial charge in [-0.2, -0.15) is 0 Å². The summed E-state index contributed by atoms with van der Waals surface area (Å²) in [6, 6.07) is 4.55. The second-order valence-electron chi connectivity index (χ2n) is 4.13. The van der Waals surface area contributed by atoms with Crippen LogP contribution in [0.15, 0.2) is 30.5 Å². The minimum Gasteiger partial charge on any atom is -0.478 e. The number of nitrogens with one attached hydrogen (secondary N) is 1. The Morgan fingerprint density at radius 3 is 2.90 bits per heavy atom. The zero-order valence-electron chi connectivity index (χ0n) is 11.0. The average Bonchev–Trinajstić information content (AvgIpc) is 2.87. The molecule has 1 aromatic heterocycles. The van der Waals surface area contributed by atoms with Gasteiger partial charge in [0.2, 0.25) is 0 Å². The standard InChI is InChI=1S/C14H11FN2O3S/c1-8-3-2-4-10(12(8)15)13(20)17-14-16-7-9(21-14)5-6-11(18)19/h2-7H,1H3,(H,18,19)(H,16,17,20)/b6-5+. The molecule has 108 valence electrons. The van der Waals surface area contributed by atoms with Crippen LogP contribution in [0, 0.1) is 12.7 Å². The molecule has 0 aliphatic carbocycles. The van der Waals surface area contributed by atoms with Crippen molar-refractivity contribution in [2.45, 2.75) is 6.92 Å². The first-order valence-electron chi connectivity index (χ1n) is 5.90. The summed E-state index contributed by atoms with van der Waals surface area (Å²) in [7, 11) is 0. The number of hydrogen-bond donors (Lipinski definition) is 2. The third-order valence-electron chi connectivity index (χ3n) is 2.57. The first kappa shape index (κ1) is 14.9. The molecule has 0 aliphatic heterocycles. The minimum atomic E-state index is -1.07. The lowest BCUT2D eigenvalue weighted by molar-refractivity contribution is -0.131. The van der Waals surface area contributed by atoms with Gasteiger partial charge in [-0.3, -0.25) is 10.1 Å². The molecule has 21 heavy (non-hydrogen) atoms. The van der Waals surface area contributed by atoms with E-state index in [9.17, 15) is 14.0 Å². The van der Waals surface area contributed by atoms with Crippen molar-refractivity contribution in [1.82, 2.24) is 4.98 Å². The number of carboxylic acids is 1. The molecule has 0 spiro atoms. The lowest BCUT2D eigenvalue weighted by atomic mass is 10.1. The van der Waals surface area contributed by atoms with Gasteiger partial charge in [-0.15, -0.1) is 0 Å². The summed E-state index contributed by atoms with van der Waals surface area (Å²) >= 11 is 1.09. The van der Waals surface area contributed by atoms with Crippen LogP contribution < -0.4 is 5.32 Å². The van der Waals surface area contributed by atoms with Crippen LogP contribution in [0.2, 0.25) is 0 Å². The Morgan fingerprint density at radius 1 is 1.43 bits per heavy atom. The first-order chi connectivity index (χ1) is 9.97. The molecule has 0 saturated carbocycles. The van der Waals surface area contributed by atoms with Gasteiger partial charge < -0.3 is 5.11 Å². The van der Waals surface area contributed by atoms with E-state index in [1.807, 2.05) is 0 Å². The molecule has 5 nitrogen and oxygen atoms in total. The number of thiazole rings is 1. The number of aromatic nitrogens is 1. The molecule has 2 aromatic rings. The topological polar surface area (TPSA) is 79.3 Å². The highest BCUT2D eigenvalue weighted by Gasteiger charge is 2.14. The fourth-order valence-corrected chi connectivity index (χ4v) is 2.28. The lowest BCUT2D eigenvalue weighted by Crippen LogP contribution is -2.14. The number of carboxylic acid groups (broad SMARTS) is 1. The molecular weight excluding hydrogens is 295 g/mol.